The maximum atomic E-state index is 12.4. The van der Waals surface area contributed by atoms with Gasteiger partial charge in [-0.25, -0.2) is 0 Å². The zero-order valence-electron chi connectivity index (χ0n) is 13.4. The smallest absolute Gasteiger partial charge is 0.237 e. The van der Waals surface area contributed by atoms with Crippen molar-refractivity contribution in [1.82, 2.24) is 5.32 Å². The SMILES string of the molecule is NC[C@@H]1CCS[C@H](c2ccc(Oc3ccc(Cl)cc3Cl)cc2)C(=O)N1. The Labute approximate surface area is 161 Å². The van der Waals surface area contributed by atoms with E-state index in [-0.39, 0.29) is 17.2 Å². The Balaban J connectivity index is 1.72. The zero-order valence-corrected chi connectivity index (χ0v) is 15.7. The van der Waals surface area contributed by atoms with Crippen molar-refractivity contribution in [2.75, 3.05) is 12.3 Å². The number of benzene rings is 2. The van der Waals surface area contributed by atoms with Gasteiger partial charge in [-0.2, -0.15) is 0 Å². The molecule has 3 N–H and O–H groups in total. The lowest BCUT2D eigenvalue weighted by atomic mass is 10.1. The van der Waals surface area contributed by atoms with Crippen LogP contribution in [0.5, 0.6) is 11.5 Å². The van der Waals surface area contributed by atoms with Crippen molar-refractivity contribution in [3.05, 3.63) is 58.1 Å². The molecule has 0 saturated carbocycles. The number of rotatable bonds is 4. The molecule has 0 spiro atoms. The maximum absolute atomic E-state index is 12.4. The molecule has 25 heavy (non-hydrogen) atoms. The van der Waals surface area contributed by atoms with Gasteiger partial charge in [0.15, 0.2) is 0 Å². The van der Waals surface area contributed by atoms with Gasteiger partial charge < -0.3 is 15.8 Å². The van der Waals surface area contributed by atoms with E-state index in [0.29, 0.717) is 28.1 Å². The van der Waals surface area contributed by atoms with Crippen LogP contribution < -0.4 is 15.8 Å². The van der Waals surface area contributed by atoms with Crippen molar-refractivity contribution in [3.63, 3.8) is 0 Å². The molecule has 4 nitrogen and oxygen atoms in total. The Morgan fingerprint density at radius 1 is 1.20 bits per heavy atom. The van der Waals surface area contributed by atoms with Crippen molar-refractivity contribution in [3.8, 4) is 11.5 Å². The number of thioether (sulfide) groups is 1. The standard InChI is InChI=1S/C18H18Cl2N2O2S/c19-12-3-6-16(15(20)9-12)24-14-4-1-11(2-5-14)17-18(23)22-13(10-21)7-8-25-17/h1-6,9,13,17H,7-8,10,21H2,(H,22,23)/t13-,17+/m0/s1. The lowest BCUT2D eigenvalue weighted by molar-refractivity contribution is -0.121. The number of ether oxygens (including phenoxy) is 1. The number of nitrogens with two attached hydrogens (primary N) is 1. The average molecular weight is 397 g/mol. The fraction of sp³-hybridized carbons (Fsp3) is 0.278. The molecule has 2 aromatic carbocycles. The molecule has 1 heterocycles. The molecular formula is C18H18Cl2N2O2S. The Morgan fingerprint density at radius 3 is 2.64 bits per heavy atom. The second-order valence-corrected chi connectivity index (χ2v) is 7.78. The van der Waals surface area contributed by atoms with Gasteiger partial charge in [0.05, 0.1) is 5.02 Å². The lowest BCUT2D eigenvalue weighted by Gasteiger charge is -2.16. The summed E-state index contributed by atoms with van der Waals surface area (Å²) in [5.41, 5.74) is 6.61. The predicted octanol–water partition coefficient (Wildman–Crippen LogP) is 4.41. The van der Waals surface area contributed by atoms with E-state index in [1.165, 1.54) is 0 Å². The Bertz CT molecular complexity index is 755. The summed E-state index contributed by atoms with van der Waals surface area (Å²) in [6, 6.07) is 12.6. The van der Waals surface area contributed by atoms with Crippen molar-refractivity contribution >= 4 is 40.9 Å². The van der Waals surface area contributed by atoms with Gasteiger partial charge in [-0.1, -0.05) is 35.3 Å². The van der Waals surface area contributed by atoms with Crippen LogP contribution in [-0.2, 0) is 4.79 Å². The molecule has 1 amide bonds. The molecule has 2 aromatic rings. The fourth-order valence-corrected chi connectivity index (χ4v) is 4.25. The highest BCUT2D eigenvalue weighted by atomic mass is 35.5. The summed E-state index contributed by atoms with van der Waals surface area (Å²) in [5, 5.41) is 3.77. The number of hydrogen-bond acceptors (Lipinski definition) is 4. The molecule has 7 heteroatoms. The number of carbonyl (C=O) groups is 1. The Kier molecular flexibility index (Phi) is 6.12. The largest absolute Gasteiger partial charge is 0.456 e. The summed E-state index contributed by atoms with van der Waals surface area (Å²) in [4.78, 5) is 12.4. The molecule has 0 radical (unpaired) electrons. The first-order valence-corrected chi connectivity index (χ1v) is 9.72. The molecule has 0 unspecified atom stereocenters. The van der Waals surface area contributed by atoms with Gasteiger partial charge >= 0.3 is 0 Å². The van der Waals surface area contributed by atoms with Gasteiger partial charge in [-0.3, -0.25) is 4.79 Å². The van der Waals surface area contributed by atoms with Gasteiger partial charge in [0.1, 0.15) is 16.7 Å². The number of halogens is 2. The molecule has 1 fully saturated rings. The minimum absolute atomic E-state index is 0.00682. The van der Waals surface area contributed by atoms with E-state index in [2.05, 4.69) is 5.32 Å². The van der Waals surface area contributed by atoms with Gasteiger partial charge in [0.25, 0.3) is 0 Å². The molecule has 1 saturated heterocycles. The fourth-order valence-electron chi connectivity index (χ4n) is 2.57. The van der Waals surface area contributed by atoms with Gasteiger partial charge in [0.2, 0.25) is 5.91 Å². The summed E-state index contributed by atoms with van der Waals surface area (Å²) in [5.74, 6) is 2.08. The predicted molar refractivity (Wildman–Crippen MR) is 104 cm³/mol. The van der Waals surface area contributed by atoms with Crippen LogP contribution in [0.2, 0.25) is 10.0 Å². The van der Waals surface area contributed by atoms with Crippen LogP contribution in [0.25, 0.3) is 0 Å². The zero-order chi connectivity index (χ0) is 17.8. The van der Waals surface area contributed by atoms with Crippen LogP contribution >= 0.6 is 35.0 Å². The number of carbonyl (C=O) groups excluding carboxylic acids is 1. The number of hydrogen-bond donors (Lipinski definition) is 2. The monoisotopic (exact) mass is 396 g/mol. The van der Waals surface area contributed by atoms with E-state index in [0.717, 1.165) is 17.7 Å². The van der Waals surface area contributed by atoms with Crippen LogP contribution in [0.1, 0.15) is 17.2 Å². The topological polar surface area (TPSA) is 64.3 Å². The number of amides is 1. The van der Waals surface area contributed by atoms with Crippen molar-refractivity contribution in [1.29, 1.82) is 0 Å². The Hall–Kier alpha value is -1.40. The molecule has 0 bridgehead atoms. The van der Waals surface area contributed by atoms with Gasteiger partial charge in [-0.15, -0.1) is 11.8 Å². The van der Waals surface area contributed by atoms with E-state index in [9.17, 15) is 4.79 Å². The third-order valence-corrected chi connectivity index (χ3v) is 5.75. The quantitative estimate of drug-likeness (QED) is 0.803. The molecule has 1 aliphatic heterocycles. The van der Waals surface area contributed by atoms with E-state index in [1.807, 2.05) is 24.3 Å². The average Bonchev–Trinajstić information content (AvgIpc) is 2.79. The van der Waals surface area contributed by atoms with Crippen molar-refractivity contribution < 1.29 is 9.53 Å². The molecule has 1 aliphatic rings. The van der Waals surface area contributed by atoms with E-state index >= 15 is 0 Å². The van der Waals surface area contributed by atoms with E-state index in [4.69, 9.17) is 33.7 Å². The molecule has 0 aliphatic carbocycles. The molecular weight excluding hydrogens is 379 g/mol. The highest BCUT2D eigenvalue weighted by Crippen LogP contribution is 2.35. The summed E-state index contributed by atoms with van der Waals surface area (Å²) < 4.78 is 5.78. The summed E-state index contributed by atoms with van der Waals surface area (Å²) in [7, 11) is 0. The van der Waals surface area contributed by atoms with Crippen LogP contribution in [0.15, 0.2) is 42.5 Å². The summed E-state index contributed by atoms with van der Waals surface area (Å²) in [6.07, 6.45) is 0.889. The highest BCUT2D eigenvalue weighted by molar-refractivity contribution is 8.00. The highest BCUT2D eigenvalue weighted by Gasteiger charge is 2.26. The van der Waals surface area contributed by atoms with E-state index in [1.54, 1.807) is 30.0 Å². The van der Waals surface area contributed by atoms with Crippen LogP contribution in [0, 0.1) is 0 Å². The van der Waals surface area contributed by atoms with Crippen molar-refractivity contribution in [2.45, 2.75) is 17.7 Å². The minimum Gasteiger partial charge on any atom is -0.456 e. The van der Waals surface area contributed by atoms with E-state index < -0.39 is 0 Å². The second kappa shape index (κ2) is 8.32. The van der Waals surface area contributed by atoms with Crippen LogP contribution in [0.4, 0.5) is 0 Å². The van der Waals surface area contributed by atoms with Crippen LogP contribution in [0.3, 0.4) is 0 Å². The van der Waals surface area contributed by atoms with Crippen molar-refractivity contribution in [2.24, 2.45) is 5.73 Å². The third kappa shape index (κ3) is 4.61. The maximum Gasteiger partial charge on any atom is 0.237 e. The molecule has 3 rings (SSSR count). The third-order valence-electron chi connectivity index (χ3n) is 3.92. The van der Waals surface area contributed by atoms with Gasteiger partial charge in [0, 0.05) is 17.6 Å². The molecule has 2 atom stereocenters. The Morgan fingerprint density at radius 2 is 1.96 bits per heavy atom. The lowest BCUT2D eigenvalue weighted by Crippen LogP contribution is -2.40. The minimum atomic E-state index is -0.232. The summed E-state index contributed by atoms with van der Waals surface area (Å²) >= 11 is 13.6. The summed E-state index contributed by atoms with van der Waals surface area (Å²) in [6.45, 7) is 0.466. The number of nitrogens with one attached hydrogen (secondary N) is 1. The normalized spacial score (nSPS) is 20.7. The molecule has 132 valence electrons. The second-order valence-electron chi connectivity index (χ2n) is 5.73. The van der Waals surface area contributed by atoms with Gasteiger partial charge in [-0.05, 0) is 48.1 Å². The molecule has 0 aromatic heterocycles. The first-order valence-electron chi connectivity index (χ1n) is 7.91. The first kappa shape index (κ1) is 18.4. The first-order chi connectivity index (χ1) is 12.1. The van der Waals surface area contributed by atoms with Crippen LogP contribution in [-0.4, -0.2) is 24.2 Å².